The number of alkyl halides is 2. The van der Waals surface area contributed by atoms with E-state index in [1.807, 2.05) is 12.1 Å². The van der Waals surface area contributed by atoms with E-state index in [4.69, 9.17) is 0 Å². The van der Waals surface area contributed by atoms with Gasteiger partial charge in [-0.05, 0) is 30.5 Å². The van der Waals surface area contributed by atoms with Gasteiger partial charge in [0.1, 0.15) is 5.82 Å². The van der Waals surface area contributed by atoms with Crippen LogP contribution < -0.4 is 0 Å². The normalized spacial score (nSPS) is 11.6. The molecule has 0 aliphatic rings. The molecule has 0 saturated carbocycles. The van der Waals surface area contributed by atoms with Crippen molar-refractivity contribution >= 4 is 31.9 Å². The Bertz CT molecular complexity index is 559. The fraction of sp³-hybridized carbons (Fsp3) is 0.294. The van der Waals surface area contributed by atoms with E-state index in [0.29, 0.717) is 6.42 Å². The van der Waals surface area contributed by atoms with Gasteiger partial charge in [0.05, 0.1) is 0 Å². The molecule has 20 heavy (non-hydrogen) atoms. The van der Waals surface area contributed by atoms with Gasteiger partial charge in [-0.15, -0.1) is 0 Å². The minimum atomic E-state index is -0.143. The molecular weight excluding hydrogens is 383 g/mol. The molecule has 2 aromatic rings. The van der Waals surface area contributed by atoms with Crippen molar-refractivity contribution in [3.8, 4) is 0 Å². The lowest BCUT2D eigenvalue weighted by Crippen LogP contribution is -2.33. The summed E-state index contributed by atoms with van der Waals surface area (Å²) in [4.78, 5) is 0. The molecule has 0 unspecified atom stereocenters. The van der Waals surface area contributed by atoms with E-state index in [-0.39, 0.29) is 11.2 Å². The maximum atomic E-state index is 13.9. The Morgan fingerprint density at radius 3 is 2.10 bits per heavy atom. The van der Waals surface area contributed by atoms with Gasteiger partial charge < -0.3 is 0 Å². The molecule has 0 bridgehead atoms. The van der Waals surface area contributed by atoms with E-state index >= 15 is 0 Å². The molecule has 0 fully saturated rings. The summed E-state index contributed by atoms with van der Waals surface area (Å²) in [5.74, 6) is -0.133. The van der Waals surface area contributed by atoms with Crippen LogP contribution in [0.4, 0.5) is 4.39 Å². The third-order valence-corrected chi connectivity index (χ3v) is 5.81. The molecule has 0 saturated heterocycles. The summed E-state index contributed by atoms with van der Waals surface area (Å²) in [6, 6.07) is 15.5. The van der Waals surface area contributed by atoms with Crippen molar-refractivity contribution < 1.29 is 4.39 Å². The van der Waals surface area contributed by atoms with Gasteiger partial charge >= 0.3 is 0 Å². The van der Waals surface area contributed by atoms with Crippen LogP contribution in [0, 0.1) is 12.7 Å². The van der Waals surface area contributed by atoms with Crippen molar-refractivity contribution in [1.29, 1.82) is 0 Å². The Morgan fingerprint density at radius 1 is 0.950 bits per heavy atom. The molecule has 3 heteroatoms. The predicted octanol–water partition coefficient (Wildman–Crippen LogP) is 5.40. The minimum absolute atomic E-state index is 0.133. The zero-order valence-corrected chi connectivity index (χ0v) is 14.5. The van der Waals surface area contributed by atoms with E-state index in [0.717, 1.165) is 16.2 Å². The second-order valence-corrected chi connectivity index (χ2v) is 6.30. The van der Waals surface area contributed by atoms with E-state index in [1.54, 1.807) is 6.07 Å². The summed E-state index contributed by atoms with van der Waals surface area (Å²) >= 11 is 7.24. The van der Waals surface area contributed by atoms with Crippen molar-refractivity contribution in [2.75, 3.05) is 10.7 Å². The van der Waals surface area contributed by atoms with E-state index in [2.05, 4.69) is 63.0 Å². The van der Waals surface area contributed by atoms with Gasteiger partial charge in [0.25, 0.3) is 0 Å². The topological polar surface area (TPSA) is 0 Å². The number of hydrogen-bond acceptors (Lipinski definition) is 0. The highest BCUT2D eigenvalue weighted by molar-refractivity contribution is 9.09. The third-order valence-electron chi connectivity index (χ3n) is 3.66. The standard InChI is InChI=1S/C17H17Br2F/c1-13-6-8-15(9-7-13)17(11-18,12-19)10-14-4-2-3-5-16(14)20/h2-9H,10-12H2,1H3. The number of hydrogen-bond donors (Lipinski definition) is 0. The molecule has 0 heterocycles. The Kier molecular flexibility index (Phi) is 5.39. The Balaban J connectivity index is 2.39. The second-order valence-electron chi connectivity index (χ2n) is 5.18. The molecule has 0 radical (unpaired) electrons. The summed E-state index contributed by atoms with van der Waals surface area (Å²) < 4.78 is 13.9. The van der Waals surface area contributed by atoms with E-state index < -0.39 is 0 Å². The lowest BCUT2D eigenvalue weighted by atomic mass is 9.79. The van der Waals surface area contributed by atoms with Crippen molar-refractivity contribution in [3.63, 3.8) is 0 Å². The fourth-order valence-corrected chi connectivity index (χ4v) is 4.27. The van der Waals surface area contributed by atoms with Crippen molar-refractivity contribution in [3.05, 3.63) is 71.0 Å². The van der Waals surface area contributed by atoms with Gasteiger partial charge in [0, 0.05) is 16.1 Å². The van der Waals surface area contributed by atoms with Crippen LogP contribution in [0.15, 0.2) is 48.5 Å². The lowest BCUT2D eigenvalue weighted by Gasteiger charge is -2.31. The van der Waals surface area contributed by atoms with Gasteiger partial charge in [-0.3, -0.25) is 0 Å². The van der Waals surface area contributed by atoms with Crippen molar-refractivity contribution in [1.82, 2.24) is 0 Å². The van der Waals surface area contributed by atoms with Gasteiger partial charge in [-0.25, -0.2) is 4.39 Å². The zero-order valence-electron chi connectivity index (χ0n) is 11.4. The summed E-state index contributed by atoms with van der Waals surface area (Å²) in [6.07, 6.45) is 0.666. The first-order valence-corrected chi connectivity index (χ1v) is 8.78. The molecule has 2 rings (SSSR count). The van der Waals surface area contributed by atoms with E-state index in [1.165, 1.54) is 17.2 Å². The van der Waals surface area contributed by atoms with Crippen molar-refractivity contribution in [2.45, 2.75) is 18.8 Å². The van der Waals surface area contributed by atoms with Crippen LogP contribution in [0.25, 0.3) is 0 Å². The highest BCUT2D eigenvalue weighted by Gasteiger charge is 2.31. The second kappa shape index (κ2) is 6.86. The fourth-order valence-electron chi connectivity index (χ4n) is 2.30. The third kappa shape index (κ3) is 3.32. The van der Waals surface area contributed by atoms with Crippen LogP contribution in [0.3, 0.4) is 0 Å². The monoisotopic (exact) mass is 398 g/mol. The van der Waals surface area contributed by atoms with Gasteiger partial charge in [-0.1, -0.05) is 79.9 Å². The molecule has 106 valence electrons. The molecule has 0 amide bonds. The van der Waals surface area contributed by atoms with E-state index in [9.17, 15) is 4.39 Å². The quantitative estimate of drug-likeness (QED) is 0.590. The zero-order chi connectivity index (χ0) is 14.6. The molecule has 0 aromatic heterocycles. The number of benzene rings is 2. The average molecular weight is 400 g/mol. The Morgan fingerprint density at radius 2 is 1.55 bits per heavy atom. The number of aryl methyl sites for hydroxylation is 1. The Hall–Kier alpha value is -0.670. The summed E-state index contributed by atoms with van der Waals surface area (Å²) in [5, 5.41) is 1.56. The van der Waals surface area contributed by atoms with Crippen LogP contribution in [-0.2, 0) is 11.8 Å². The lowest BCUT2D eigenvalue weighted by molar-refractivity contribution is 0.523. The summed E-state index contributed by atoms with van der Waals surface area (Å²) in [5.41, 5.74) is 3.07. The average Bonchev–Trinajstić information content (AvgIpc) is 2.48. The van der Waals surface area contributed by atoms with Crippen LogP contribution in [-0.4, -0.2) is 10.7 Å². The van der Waals surface area contributed by atoms with Gasteiger partial charge in [0.15, 0.2) is 0 Å². The largest absolute Gasteiger partial charge is 0.207 e. The highest BCUT2D eigenvalue weighted by Crippen LogP contribution is 2.33. The first-order chi connectivity index (χ1) is 9.61. The van der Waals surface area contributed by atoms with Crippen LogP contribution in [0.5, 0.6) is 0 Å². The molecule has 0 N–H and O–H groups in total. The maximum Gasteiger partial charge on any atom is 0.126 e. The molecule has 2 aromatic carbocycles. The number of halogens is 3. The highest BCUT2D eigenvalue weighted by atomic mass is 79.9. The van der Waals surface area contributed by atoms with Gasteiger partial charge in [0.2, 0.25) is 0 Å². The molecule has 0 aliphatic heterocycles. The van der Waals surface area contributed by atoms with Gasteiger partial charge in [-0.2, -0.15) is 0 Å². The predicted molar refractivity (Wildman–Crippen MR) is 90.5 cm³/mol. The molecule has 0 nitrogen and oxygen atoms in total. The molecule has 0 aliphatic carbocycles. The maximum absolute atomic E-state index is 13.9. The molecular formula is C17H17Br2F. The summed E-state index contributed by atoms with van der Waals surface area (Å²) in [7, 11) is 0. The van der Waals surface area contributed by atoms with Crippen molar-refractivity contribution in [2.24, 2.45) is 0 Å². The first kappa shape index (κ1) is 15.7. The molecule has 0 atom stereocenters. The van der Waals surface area contributed by atoms with Crippen LogP contribution in [0.2, 0.25) is 0 Å². The number of rotatable bonds is 5. The van der Waals surface area contributed by atoms with Crippen LogP contribution >= 0.6 is 31.9 Å². The Labute approximate surface area is 136 Å². The summed E-state index contributed by atoms with van der Waals surface area (Å²) in [6.45, 7) is 2.07. The first-order valence-electron chi connectivity index (χ1n) is 6.54. The van der Waals surface area contributed by atoms with Crippen LogP contribution in [0.1, 0.15) is 16.7 Å². The SMILES string of the molecule is Cc1ccc(C(CBr)(CBr)Cc2ccccc2F)cc1. The molecule has 0 spiro atoms. The smallest absolute Gasteiger partial charge is 0.126 e. The minimum Gasteiger partial charge on any atom is -0.207 e.